The Morgan fingerprint density at radius 1 is 1.07 bits per heavy atom. The van der Waals surface area contributed by atoms with Gasteiger partial charge in [-0.2, -0.15) is 0 Å². The molecule has 7 heteroatoms. The Morgan fingerprint density at radius 2 is 1.73 bits per heavy atom. The molecule has 3 amide bonds. The van der Waals surface area contributed by atoms with Crippen molar-refractivity contribution < 1.29 is 14.0 Å². The smallest absolute Gasteiger partial charge is 0.318 e. The van der Waals surface area contributed by atoms with Gasteiger partial charge in [0.15, 0.2) is 0 Å². The highest BCUT2D eigenvalue weighted by Crippen LogP contribution is 2.20. The van der Waals surface area contributed by atoms with Gasteiger partial charge < -0.3 is 15.1 Å². The van der Waals surface area contributed by atoms with Gasteiger partial charge in [-0.3, -0.25) is 4.79 Å². The first-order valence-corrected chi connectivity index (χ1v) is 11.1. The Morgan fingerprint density at radius 3 is 2.27 bits per heavy atom. The number of thiophene rings is 1. The van der Waals surface area contributed by atoms with E-state index in [-0.39, 0.29) is 29.8 Å². The lowest BCUT2D eigenvalue weighted by Gasteiger charge is -2.30. The minimum atomic E-state index is -0.381. The van der Waals surface area contributed by atoms with Crippen molar-refractivity contribution in [3.05, 3.63) is 57.5 Å². The molecule has 0 atom stereocenters. The van der Waals surface area contributed by atoms with Crippen molar-refractivity contribution in [2.24, 2.45) is 0 Å². The molecule has 0 saturated heterocycles. The van der Waals surface area contributed by atoms with Crippen LogP contribution in [-0.4, -0.2) is 40.4 Å². The monoisotopic (exact) mass is 433 g/mol. The Kier molecular flexibility index (Phi) is 8.41. The molecule has 0 bridgehead atoms. The zero-order chi connectivity index (χ0) is 22.3. The number of hydrogen-bond acceptors (Lipinski definition) is 3. The van der Waals surface area contributed by atoms with Crippen molar-refractivity contribution in [3.8, 4) is 0 Å². The van der Waals surface area contributed by atoms with Crippen LogP contribution in [0, 0.1) is 12.7 Å². The molecule has 1 aromatic heterocycles. The summed E-state index contributed by atoms with van der Waals surface area (Å²) in [5, 5.41) is 4.94. The third-order valence-corrected chi connectivity index (χ3v) is 5.54. The number of halogens is 1. The van der Waals surface area contributed by atoms with Crippen LogP contribution in [0.1, 0.15) is 50.1 Å². The van der Waals surface area contributed by atoms with Gasteiger partial charge in [0, 0.05) is 23.5 Å². The first kappa shape index (κ1) is 23.9. The number of benzene rings is 1. The Balaban J connectivity index is 2.19. The Bertz CT molecular complexity index is 843. The summed E-state index contributed by atoms with van der Waals surface area (Å²) in [6.07, 6.45) is 0.757. The molecule has 1 N–H and O–H groups in total. The molecular weight excluding hydrogens is 401 g/mol. The van der Waals surface area contributed by atoms with Gasteiger partial charge in [0.05, 0.1) is 6.54 Å². The molecule has 0 radical (unpaired) electrons. The van der Waals surface area contributed by atoms with E-state index in [1.165, 1.54) is 12.1 Å². The van der Waals surface area contributed by atoms with E-state index in [4.69, 9.17) is 0 Å². The normalized spacial score (nSPS) is 11.3. The second-order valence-electron chi connectivity index (χ2n) is 8.50. The quantitative estimate of drug-likeness (QED) is 0.641. The SMILES string of the molecule is CCCN(CC(=O)N(Cc1ccc(F)cc1)Cc1sccc1C)C(=O)NC(C)(C)C. The summed E-state index contributed by atoms with van der Waals surface area (Å²) in [6, 6.07) is 7.95. The zero-order valence-corrected chi connectivity index (χ0v) is 19.3. The molecule has 0 aliphatic heterocycles. The molecular formula is C23H32FN3O2S. The molecule has 0 saturated carbocycles. The molecule has 1 aromatic carbocycles. The van der Waals surface area contributed by atoms with Crippen LogP contribution in [0.3, 0.4) is 0 Å². The summed E-state index contributed by atoms with van der Waals surface area (Å²) >= 11 is 1.60. The maximum atomic E-state index is 13.3. The van der Waals surface area contributed by atoms with Crippen LogP contribution in [0.25, 0.3) is 0 Å². The van der Waals surface area contributed by atoms with Crippen molar-refractivity contribution in [2.45, 2.75) is 59.7 Å². The third-order valence-electron chi connectivity index (χ3n) is 4.53. The van der Waals surface area contributed by atoms with Crippen molar-refractivity contribution in [2.75, 3.05) is 13.1 Å². The molecule has 0 aliphatic rings. The molecule has 1 heterocycles. The molecule has 0 fully saturated rings. The summed E-state index contributed by atoms with van der Waals surface area (Å²) in [4.78, 5) is 30.3. The second kappa shape index (κ2) is 10.6. The van der Waals surface area contributed by atoms with E-state index in [9.17, 15) is 14.0 Å². The van der Waals surface area contributed by atoms with Gasteiger partial charge in [-0.25, -0.2) is 9.18 Å². The van der Waals surface area contributed by atoms with E-state index in [0.717, 1.165) is 22.4 Å². The van der Waals surface area contributed by atoms with Crippen LogP contribution in [0.15, 0.2) is 35.7 Å². The lowest BCUT2D eigenvalue weighted by molar-refractivity contribution is -0.133. The fourth-order valence-corrected chi connectivity index (χ4v) is 3.89. The molecule has 0 spiro atoms. The molecule has 164 valence electrons. The maximum Gasteiger partial charge on any atom is 0.318 e. The first-order valence-electron chi connectivity index (χ1n) is 10.2. The van der Waals surface area contributed by atoms with Gasteiger partial charge >= 0.3 is 6.03 Å². The van der Waals surface area contributed by atoms with Crippen LogP contribution in [0.5, 0.6) is 0 Å². The van der Waals surface area contributed by atoms with E-state index in [1.54, 1.807) is 33.3 Å². The zero-order valence-electron chi connectivity index (χ0n) is 18.5. The predicted molar refractivity (Wildman–Crippen MR) is 120 cm³/mol. The Hall–Kier alpha value is -2.41. The maximum absolute atomic E-state index is 13.3. The Labute approximate surface area is 182 Å². The number of carbonyl (C=O) groups is 2. The van der Waals surface area contributed by atoms with Crippen molar-refractivity contribution >= 4 is 23.3 Å². The highest BCUT2D eigenvalue weighted by atomic mass is 32.1. The number of nitrogens with zero attached hydrogens (tertiary/aromatic N) is 2. The number of urea groups is 1. The standard InChI is InChI=1S/C23H32FN3O2S/c1-6-12-26(22(29)25-23(3,4)5)16-21(28)27(15-20-17(2)11-13-30-20)14-18-7-9-19(24)10-8-18/h7-11,13H,6,12,14-16H2,1-5H3,(H,25,29). The van der Waals surface area contributed by atoms with Crippen molar-refractivity contribution in [3.63, 3.8) is 0 Å². The van der Waals surface area contributed by atoms with Crippen LogP contribution >= 0.6 is 11.3 Å². The van der Waals surface area contributed by atoms with E-state index in [0.29, 0.717) is 19.6 Å². The van der Waals surface area contributed by atoms with Crippen LogP contribution < -0.4 is 5.32 Å². The molecule has 30 heavy (non-hydrogen) atoms. The van der Waals surface area contributed by atoms with E-state index >= 15 is 0 Å². The number of rotatable bonds is 8. The lowest BCUT2D eigenvalue weighted by Crippen LogP contribution is -2.51. The molecule has 5 nitrogen and oxygen atoms in total. The summed E-state index contributed by atoms with van der Waals surface area (Å²) in [6.45, 7) is 11.1. The van der Waals surface area contributed by atoms with Gasteiger partial charge in [-0.05, 0) is 68.8 Å². The minimum absolute atomic E-state index is 0.00136. The summed E-state index contributed by atoms with van der Waals surface area (Å²) < 4.78 is 13.3. The highest BCUT2D eigenvalue weighted by molar-refractivity contribution is 7.10. The predicted octanol–water partition coefficient (Wildman–Crippen LogP) is 4.94. The lowest BCUT2D eigenvalue weighted by atomic mass is 10.1. The fourth-order valence-electron chi connectivity index (χ4n) is 2.97. The molecule has 0 aliphatic carbocycles. The van der Waals surface area contributed by atoms with Gasteiger partial charge in [-0.1, -0.05) is 19.1 Å². The average molecular weight is 434 g/mol. The number of hydrogen-bond donors (Lipinski definition) is 1. The second-order valence-corrected chi connectivity index (χ2v) is 9.51. The number of aryl methyl sites for hydroxylation is 1. The highest BCUT2D eigenvalue weighted by Gasteiger charge is 2.24. The number of nitrogens with one attached hydrogen (secondary N) is 1. The van der Waals surface area contributed by atoms with Crippen LogP contribution in [0.2, 0.25) is 0 Å². The van der Waals surface area contributed by atoms with E-state index < -0.39 is 0 Å². The largest absolute Gasteiger partial charge is 0.333 e. The summed E-state index contributed by atoms with van der Waals surface area (Å²) in [5.41, 5.74) is 1.60. The van der Waals surface area contributed by atoms with E-state index in [2.05, 4.69) is 5.32 Å². The average Bonchev–Trinajstić information content (AvgIpc) is 3.05. The van der Waals surface area contributed by atoms with Gasteiger partial charge in [0.1, 0.15) is 12.4 Å². The first-order chi connectivity index (χ1) is 14.1. The van der Waals surface area contributed by atoms with Crippen LogP contribution in [-0.2, 0) is 17.9 Å². The van der Waals surface area contributed by atoms with Crippen molar-refractivity contribution in [1.82, 2.24) is 15.1 Å². The van der Waals surface area contributed by atoms with Crippen LogP contribution in [0.4, 0.5) is 9.18 Å². The van der Waals surface area contributed by atoms with Crippen molar-refractivity contribution in [1.29, 1.82) is 0 Å². The third kappa shape index (κ3) is 7.44. The minimum Gasteiger partial charge on any atom is -0.333 e. The number of amides is 3. The van der Waals surface area contributed by atoms with E-state index in [1.807, 2.05) is 46.1 Å². The fraction of sp³-hybridized carbons (Fsp3) is 0.478. The number of carbonyl (C=O) groups excluding carboxylic acids is 2. The summed E-state index contributed by atoms with van der Waals surface area (Å²) in [5.74, 6) is -0.441. The molecule has 2 rings (SSSR count). The van der Waals surface area contributed by atoms with Gasteiger partial charge in [0.2, 0.25) is 5.91 Å². The molecule has 2 aromatic rings. The van der Waals surface area contributed by atoms with Gasteiger partial charge in [0.25, 0.3) is 0 Å². The summed E-state index contributed by atoms with van der Waals surface area (Å²) in [7, 11) is 0. The molecule has 0 unspecified atom stereocenters. The topological polar surface area (TPSA) is 52.7 Å². The van der Waals surface area contributed by atoms with Gasteiger partial charge in [-0.15, -0.1) is 11.3 Å².